The van der Waals surface area contributed by atoms with Crippen LogP contribution in [0.4, 0.5) is 11.4 Å². The molecule has 1 aliphatic heterocycles. The van der Waals surface area contributed by atoms with Crippen molar-refractivity contribution in [2.45, 2.75) is 0 Å². The van der Waals surface area contributed by atoms with Crippen molar-refractivity contribution in [1.29, 1.82) is 0 Å². The van der Waals surface area contributed by atoms with E-state index in [-0.39, 0.29) is 16.1 Å². The number of nitrogens with zero attached hydrogens (tertiary/aromatic N) is 2. The van der Waals surface area contributed by atoms with Crippen molar-refractivity contribution in [1.82, 2.24) is 10.2 Å². The molecule has 3 aromatic rings. The molecule has 1 amide bonds. The molecule has 2 aromatic carbocycles. The maximum atomic E-state index is 13.1. The highest BCUT2D eigenvalue weighted by molar-refractivity contribution is 6.51. The summed E-state index contributed by atoms with van der Waals surface area (Å²) in [6.07, 6.45) is 1.66. The van der Waals surface area contributed by atoms with Crippen LogP contribution in [0.3, 0.4) is 0 Å². The largest absolute Gasteiger partial charge is 0.378 e. The first-order chi connectivity index (χ1) is 13.9. The number of aromatic amines is 2. The van der Waals surface area contributed by atoms with Gasteiger partial charge in [0, 0.05) is 32.4 Å². The Balaban J connectivity index is 1.96. The second-order valence-corrected chi connectivity index (χ2v) is 7.08. The number of ketones is 1. The summed E-state index contributed by atoms with van der Waals surface area (Å²) in [5, 5.41) is 5.66. The molecule has 0 saturated carbocycles. The first kappa shape index (κ1) is 18.5. The number of aromatic nitrogens is 2. The number of hydrogen-bond donors (Lipinski definition) is 2. The molecular formula is C22H20N4O3. The number of para-hydroxylation sites is 1. The highest BCUT2D eigenvalue weighted by Crippen LogP contribution is 2.28. The molecule has 2 N–H and O–H groups in total. The van der Waals surface area contributed by atoms with E-state index in [1.165, 1.54) is 4.90 Å². The van der Waals surface area contributed by atoms with Gasteiger partial charge in [-0.3, -0.25) is 24.6 Å². The number of H-pyrrole nitrogens is 2. The molecule has 146 valence electrons. The number of amides is 1. The lowest BCUT2D eigenvalue weighted by Gasteiger charge is -2.25. The Morgan fingerprint density at radius 1 is 0.931 bits per heavy atom. The predicted molar refractivity (Wildman–Crippen MR) is 113 cm³/mol. The van der Waals surface area contributed by atoms with Crippen LogP contribution in [0.1, 0.15) is 15.9 Å². The summed E-state index contributed by atoms with van der Waals surface area (Å²) < 4.78 is 0. The zero-order valence-electron chi connectivity index (χ0n) is 16.3. The SMILES string of the molecule is CN(C)c1ccc(/C=c2\c(=O)[nH][nH]c2=C2C(=O)c3ccccc3N(C)C2=O)cc1. The monoisotopic (exact) mass is 388 g/mol. The summed E-state index contributed by atoms with van der Waals surface area (Å²) in [7, 11) is 5.50. The third-order valence-electron chi connectivity index (χ3n) is 5.04. The molecule has 7 heteroatoms. The maximum Gasteiger partial charge on any atom is 0.271 e. The van der Waals surface area contributed by atoms with E-state index in [1.807, 2.05) is 43.3 Å². The molecule has 2 heterocycles. The normalized spacial score (nSPS) is 16.2. The van der Waals surface area contributed by atoms with Gasteiger partial charge in [0.1, 0.15) is 5.57 Å². The Morgan fingerprint density at radius 3 is 2.31 bits per heavy atom. The van der Waals surface area contributed by atoms with E-state index in [0.717, 1.165) is 11.3 Å². The van der Waals surface area contributed by atoms with Gasteiger partial charge in [-0.15, -0.1) is 0 Å². The summed E-state index contributed by atoms with van der Waals surface area (Å²) in [6.45, 7) is 0. The highest BCUT2D eigenvalue weighted by atomic mass is 16.2. The minimum absolute atomic E-state index is 0.0549. The van der Waals surface area contributed by atoms with Crippen LogP contribution in [0.15, 0.2) is 53.3 Å². The Kier molecular flexibility index (Phi) is 4.43. The van der Waals surface area contributed by atoms with Gasteiger partial charge in [0.25, 0.3) is 11.5 Å². The molecule has 0 saturated heterocycles. The molecule has 0 radical (unpaired) electrons. The van der Waals surface area contributed by atoms with Crippen molar-refractivity contribution in [2.24, 2.45) is 0 Å². The van der Waals surface area contributed by atoms with Crippen molar-refractivity contribution in [3.05, 3.63) is 80.6 Å². The van der Waals surface area contributed by atoms with Crippen molar-refractivity contribution < 1.29 is 9.59 Å². The second kappa shape index (κ2) is 6.94. The molecule has 0 aliphatic carbocycles. The van der Waals surface area contributed by atoms with Crippen LogP contribution in [0, 0.1) is 0 Å². The Bertz CT molecular complexity index is 1300. The van der Waals surface area contributed by atoms with Gasteiger partial charge in [-0.2, -0.15) is 0 Å². The Morgan fingerprint density at radius 2 is 1.62 bits per heavy atom. The lowest BCUT2D eigenvalue weighted by atomic mass is 9.95. The molecule has 4 rings (SSSR count). The van der Waals surface area contributed by atoms with Gasteiger partial charge in [-0.25, -0.2) is 0 Å². The Hall–Kier alpha value is -3.87. The lowest BCUT2D eigenvalue weighted by Crippen LogP contribution is -2.44. The smallest absolute Gasteiger partial charge is 0.271 e. The van der Waals surface area contributed by atoms with Crippen molar-refractivity contribution in [3.63, 3.8) is 0 Å². The number of fused-ring (bicyclic) bond motifs is 1. The van der Waals surface area contributed by atoms with E-state index >= 15 is 0 Å². The summed E-state index contributed by atoms with van der Waals surface area (Å²) in [6, 6.07) is 14.5. The minimum Gasteiger partial charge on any atom is -0.378 e. The fraction of sp³-hybridized carbons (Fsp3) is 0.136. The summed E-state index contributed by atoms with van der Waals surface area (Å²) in [5.74, 6) is -0.863. The van der Waals surface area contributed by atoms with E-state index in [1.54, 1.807) is 37.4 Å². The number of carbonyl (C=O) groups is 2. The van der Waals surface area contributed by atoms with E-state index in [0.29, 0.717) is 11.3 Å². The molecule has 1 aliphatic rings. The number of Topliss-reactive ketones (excluding diaryl/α,β-unsaturated/α-hetero) is 1. The molecule has 0 spiro atoms. The van der Waals surface area contributed by atoms with Crippen LogP contribution < -0.4 is 25.9 Å². The van der Waals surface area contributed by atoms with Gasteiger partial charge in [0.2, 0.25) is 5.78 Å². The third kappa shape index (κ3) is 3.06. The average Bonchev–Trinajstić information content (AvgIpc) is 3.07. The summed E-state index contributed by atoms with van der Waals surface area (Å²) in [4.78, 5) is 41.8. The number of nitrogens with one attached hydrogen (secondary N) is 2. The van der Waals surface area contributed by atoms with E-state index in [4.69, 9.17) is 0 Å². The van der Waals surface area contributed by atoms with Crippen molar-refractivity contribution in [2.75, 3.05) is 30.9 Å². The molecule has 0 bridgehead atoms. The van der Waals surface area contributed by atoms with Gasteiger partial charge in [-0.1, -0.05) is 24.3 Å². The molecule has 0 unspecified atom stereocenters. The zero-order valence-corrected chi connectivity index (χ0v) is 16.3. The van der Waals surface area contributed by atoms with Crippen LogP contribution in [0.5, 0.6) is 0 Å². The van der Waals surface area contributed by atoms with Gasteiger partial charge in [0.05, 0.1) is 16.3 Å². The van der Waals surface area contributed by atoms with Crippen molar-refractivity contribution in [3.8, 4) is 0 Å². The van der Waals surface area contributed by atoms with E-state index in [9.17, 15) is 14.4 Å². The van der Waals surface area contributed by atoms with Gasteiger partial charge in [-0.05, 0) is 35.9 Å². The third-order valence-corrected chi connectivity index (χ3v) is 5.04. The second-order valence-electron chi connectivity index (χ2n) is 7.08. The van der Waals surface area contributed by atoms with Crippen LogP contribution in [0.25, 0.3) is 11.6 Å². The Labute approximate surface area is 166 Å². The molecule has 1 aromatic heterocycles. The van der Waals surface area contributed by atoms with Crippen LogP contribution in [-0.4, -0.2) is 43.0 Å². The summed E-state index contributed by atoms with van der Waals surface area (Å²) >= 11 is 0. The standard InChI is InChI=1S/C22H20N4O3/c1-25(2)14-10-8-13(9-11-14)12-16-19(23-24-21(16)28)18-20(27)15-6-4-5-7-17(15)26(3)22(18)29/h4-12,23H,1-3H3,(H,24,28)/b16-12-,19-18?. The fourth-order valence-corrected chi connectivity index (χ4v) is 3.43. The molecule has 7 nitrogen and oxygen atoms in total. The zero-order chi connectivity index (χ0) is 20.7. The highest BCUT2D eigenvalue weighted by Gasteiger charge is 2.33. The van der Waals surface area contributed by atoms with Gasteiger partial charge >= 0.3 is 0 Å². The van der Waals surface area contributed by atoms with Crippen LogP contribution >= 0.6 is 0 Å². The molecular weight excluding hydrogens is 368 g/mol. The van der Waals surface area contributed by atoms with Crippen LogP contribution in [0.2, 0.25) is 0 Å². The topological polar surface area (TPSA) is 89.3 Å². The first-order valence-corrected chi connectivity index (χ1v) is 9.10. The predicted octanol–water partition coefficient (Wildman–Crippen LogP) is 0.608. The van der Waals surface area contributed by atoms with Gasteiger partial charge in [0.15, 0.2) is 0 Å². The average molecular weight is 388 g/mol. The van der Waals surface area contributed by atoms with Crippen LogP contribution in [-0.2, 0) is 4.79 Å². The number of rotatable bonds is 2. The van der Waals surface area contributed by atoms with Crippen molar-refractivity contribution >= 4 is 34.7 Å². The lowest BCUT2D eigenvalue weighted by molar-refractivity contribution is -0.113. The van der Waals surface area contributed by atoms with Gasteiger partial charge < -0.3 is 9.80 Å². The minimum atomic E-state index is -0.457. The maximum absolute atomic E-state index is 13.1. The number of hydrogen-bond acceptors (Lipinski definition) is 4. The van der Waals surface area contributed by atoms with E-state index < -0.39 is 17.2 Å². The molecule has 29 heavy (non-hydrogen) atoms. The first-order valence-electron chi connectivity index (χ1n) is 9.10. The number of carbonyl (C=O) groups excluding carboxylic acids is 2. The molecule has 0 atom stereocenters. The molecule has 0 fully saturated rings. The quantitative estimate of drug-likeness (QED) is 0.673. The number of anilines is 2. The number of benzene rings is 2. The fourth-order valence-electron chi connectivity index (χ4n) is 3.43. The van der Waals surface area contributed by atoms with E-state index in [2.05, 4.69) is 10.2 Å². The summed E-state index contributed by atoms with van der Waals surface area (Å²) in [5.41, 5.74) is 2.33.